The van der Waals surface area contributed by atoms with Crippen LogP contribution in [0.15, 0.2) is 17.3 Å². The number of halogens is 1. The van der Waals surface area contributed by atoms with Gasteiger partial charge in [-0.3, -0.25) is 15.2 Å². The number of aliphatic imine (C=N–C) groups is 1. The Morgan fingerprint density at radius 3 is 2.79 bits per heavy atom. The van der Waals surface area contributed by atoms with Crippen molar-refractivity contribution in [2.75, 3.05) is 6.67 Å². The van der Waals surface area contributed by atoms with Gasteiger partial charge < -0.3 is 10.1 Å². The fourth-order valence-electron chi connectivity index (χ4n) is 3.32. The summed E-state index contributed by atoms with van der Waals surface area (Å²) in [5.74, 6) is 1.16. The Balaban J connectivity index is 1.81. The first-order valence-electron chi connectivity index (χ1n) is 9.99. The minimum atomic E-state index is -0.852. The molecule has 0 saturated heterocycles. The Morgan fingerprint density at radius 2 is 2.21 bits per heavy atom. The minimum Gasteiger partial charge on any atom is -0.488 e. The first kappa shape index (κ1) is 20.4. The van der Waals surface area contributed by atoms with Gasteiger partial charge in [0.15, 0.2) is 0 Å². The average Bonchev–Trinajstić information content (AvgIpc) is 3.56. The molecule has 1 heterocycles. The fourth-order valence-corrected chi connectivity index (χ4v) is 3.32. The summed E-state index contributed by atoms with van der Waals surface area (Å²) in [5.41, 5.74) is 0.288. The number of nitrogens with zero attached hydrogens (tertiary/aromatic N) is 2. The molecule has 2 aliphatic carbocycles. The van der Waals surface area contributed by atoms with E-state index < -0.39 is 18.3 Å². The number of ether oxygens (including phenoxy) is 1. The van der Waals surface area contributed by atoms with Gasteiger partial charge >= 0.3 is 0 Å². The third-order valence-electron chi connectivity index (χ3n) is 5.25. The van der Waals surface area contributed by atoms with Crippen molar-refractivity contribution in [2.24, 2.45) is 10.9 Å². The van der Waals surface area contributed by atoms with Crippen molar-refractivity contribution in [3.8, 4) is 5.75 Å². The molecular weight excluding hydrogens is 359 g/mol. The van der Waals surface area contributed by atoms with Gasteiger partial charge in [-0.1, -0.05) is 12.8 Å². The van der Waals surface area contributed by atoms with Gasteiger partial charge in [0.2, 0.25) is 0 Å². The van der Waals surface area contributed by atoms with Crippen LogP contribution in [0.2, 0.25) is 0 Å². The van der Waals surface area contributed by atoms with Crippen molar-refractivity contribution in [1.29, 1.82) is 5.41 Å². The van der Waals surface area contributed by atoms with Crippen LogP contribution in [0.1, 0.15) is 74.8 Å². The van der Waals surface area contributed by atoms with E-state index in [0.29, 0.717) is 24.0 Å². The van der Waals surface area contributed by atoms with Gasteiger partial charge in [0.25, 0.3) is 5.91 Å². The molecule has 28 heavy (non-hydrogen) atoms. The van der Waals surface area contributed by atoms with Crippen LogP contribution in [0, 0.1) is 11.3 Å². The van der Waals surface area contributed by atoms with Crippen LogP contribution in [0.4, 0.5) is 4.39 Å². The molecule has 152 valence electrons. The second-order valence-corrected chi connectivity index (χ2v) is 8.13. The smallest absolute Gasteiger partial charge is 0.270 e. The van der Waals surface area contributed by atoms with Crippen LogP contribution in [0.3, 0.4) is 0 Å². The van der Waals surface area contributed by atoms with Crippen molar-refractivity contribution in [1.82, 2.24) is 10.3 Å². The third-order valence-corrected chi connectivity index (χ3v) is 5.25. The summed E-state index contributed by atoms with van der Waals surface area (Å²) in [6.45, 7) is 4.65. The number of aromatic nitrogens is 1. The molecule has 2 aliphatic rings. The molecule has 2 fully saturated rings. The van der Waals surface area contributed by atoms with E-state index in [1.165, 1.54) is 0 Å². The van der Waals surface area contributed by atoms with E-state index >= 15 is 0 Å². The summed E-state index contributed by atoms with van der Waals surface area (Å²) in [4.78, 5) is 21.3. The number of alkyl halides is 1. The molecule has 2 unspecified atom stereocenters. The lowest BCUT2D eigenvalue weighted by Crippen LogP contribution is -2.52. The predicted molar refractivity (Wildman–Crippen MR) is 107 cm³/mol. The quantitative estimate of drug-likeness (QED) is 0.494. The zero-order chi connectivity index (χ0) is 20.3. The van der Waals surface area contributed by atoms with E-state index in [9.17, 15) is 9.18 Å². The highest BCUT2D eigenvalue weighted by Gasteiger charge is 2.38. The van der Waals surface area contributed by atoms with Gasteiger partial charge in [0, 0.05) is 24.0 Å². The molecule has 2 N–H and O–H groups in total. The topological polar surface area (TPSA) is 87.4 Å². The Kier molecular flexibility index (Phi) is 6.10. The van der Waals surface area contributed by atoms with Gasteiger partial charge in [-0.15, -0.1) is 0 Å². The normalized spacial score (nSPS) is 19.9. The molecule has 1 aromatic heterocycles. The van der Waals surface area contributed by atoms with Crippen molar-refractivity contribution in [3.63, 3.8) is 0 Å². The highest BCUT2D eigenvalue weighted by atomic mass is 19.1. The van der Waals surface area contributed by atoms with Crippen LogP contribution in [0.25, 0.3) is 0 Å². The monoisotopic (exact) mass is 388 g/mol. The molecule has 1 aromatic rings. The number of carbonyl (C=O) groups excluding carboxylic acids is 1. The summed E-state index contributed by atoms with van der Waals surface area (Å²) in [7, 11) is 0. The fraction of sp³-hybridized carbons (Fsp3) is 0.619. The van der Waals surface area contributed by atoms with Gasteiger partial charge in [-0.05, 0) is 51.9 Å². The second-order valence-electron chi connectivity index (χ2n) is 8.13. The lowest BCUT2D eigenvalue weighted by molar-refractivity contribution is 0.0916. The number of hydrogen-bond donors (Lipinski definition) is 2. The number of carbonyl (C=O) groups is 1. The zero-order valence-electron chi connectivity index (χ0n) is 16.8. The molecule has 2 atom stereocenters. The average molecular weight is 388 g/mol. The first-order chi connectivity index (χ1) is 13.4. The minimum absolute atomic E-state index is 0.132. The summed E-state index contributed by atoms with van der Waals surface area (Å²) in [6, 6.07) is 1.60. The van der Waals surface area contributed by atoms with E-state index in [1.807, 2.05) is 6.92 Å². The molecule has 0 spiro atoms. The van der Waals surface area contributed by atoms with Crippen LogP contribution >= 0.6 is 0 Å². The summed E-state index contributed by atoms with van der Waals surface area (Å²) in [6.07, 6.45) is 7.66. The molecule has 0 radical (unpaired) electrons. The van der Waals surface area contributed by atoms with Gasteiger partial charge in [-0.2, -0.15) is 0 Å². The Labute approximate surface area is 165 Å². The van der Waals surface area contributed by atoms with Crippen molar-refractivity contribution in [2.45, 2.75) is 70.4 Å². The summed E-state index contributed by atoms with van der Waals surface area (Å²) < 4.78 is 18.7. The van der Waals surface area contributed by atoms with Crippen LogP contribution in [-0.2, 0) is 0 Å². The predicted octanol–water partition coefficient (Wildman–Crippen LogP) is 4.05. The largest absolute Gasteiger partial charge is 0.488 e. The maximum Gasteiger partial charge on any atom is 0.270 e. The number of amidine groups is 1. The van der Waals surface area contributed by atoms with E-state index in [-0.39, 0.29) is 17.4 Å². The maximum absolute atomic E-state index is 12.9. The molecule has 1 amide bonds. The van der Waals surface area contributed by atoms with Gasteiger partial charge in [0.05, 0.1) is 5.54 Å². The molecule has 3 rings (SSSR count). The van der Waals surface area contributed by atoms with Gasteiger partial charge in [0.1, 0.15) is 30.1 Å². The molecule has 0 bridgehead atoms. The number of pyridine rings is 1. The molecule has 0 aromatic carbocycles. The van der Waals surface area contributed by atoms with E-state index in [1.54, 1.807) is 32.3 Å². The number of nitrogens with one attached hydrogen (secondary N) is 2. The highest BCUT2D eigenvalue weighted by molar-refractivity contribution is 6.01. The summed E-state index contributed by atoms with van der Waals surface area (Å²) in [5, 5.41) is 11.2. The Morgan fingerprint density at radius 1 is 1.50 bits per heavy atom. The van der Waals surface area contributed by atoms with E-state index in [4.69, 9.17) is 10.1 Å². The third kappa shape index (κ3) is 4.94. The number of rotatable bonds is 9. The van der Waals surface area contributed by atoms with Crippen LogP contribution < -0.4 is 10.1 Å². The molecule has 7 heteroatoms. The standard InChI is InChI=1S/C21H29FN4O2/c1-4-24-20(23)21(3,10-14-5-6-14)26-19(27)17-9-18(28-13(2)11-22)16(12-25-17)15-7-8-15/h4,9,12-15,23H,5-8,10-11H2,1-3H3,(H,26,27). The Hall–Kier alpha value is -2.31. The second kappa shape index (κ2) is 8.37. The molecule has 0 aliphatic heterocycles. The lowest BCUT2D eigenvalue weighted by atomic mass is 9.93. The number of hydrogen-bond acceptors (Lipinski definition) is 4. The highest BCUT2D eigenvalue weighted by Crippen LogP contribution is 2.44. The van der Waals surface area contributed by atoms with Crippen LogP contribution in [0.5, 0.6) is 5.75 Å². The van der Waals surface area contributed by atoms with Crippen molar-refractivity contribution < 1.29 is 13.9 Å². The van der Waals surface area contributed by atoms with Gasteiger partial charge in [-0.25, -0.2) is 9.38 Å². The van der Waals surface area contributed by atoms with Crippen molar-refractivity contribution in [3.05, 3.63) is 23.5 Å². The molecule has 2 saturated carbocycles. The molecular formula is C21H29FN4O2. The van der Waals surface area contributed by atoms with Crippen LogP contribution in [-0.4, -0.2) is 41.3 Å². The SMILES string of the molecule is CC=NC(=N)C(C)(CC1CC1)NC(=O)c1cc(OC(C)CF)c(C2CC2)cn1. The summed E-state index contributed by atoms with van der Waals surface area (Å²) >= 11 is 0. The molecule has 6 nitrogen and oxygen atoms in total. The van der Waals surface area contributed by atoms with E-state index in [2.05, 4.69) is 15.3 Å². The zero-order valence-corrected chi connectivity index (χ0v) is 16.8. The first-order valence-corrected chi connectivity index (χ1v) is 9.99. The lowest BCUT2D eigenvalue weighted by Gasteiger charge is -2.29. The van der Waals surface area contributed by atoms with E-state index in [0.717, 1.165) is 31.2 Å². The number of amides is 1. The maximum atomic E-state index is 12.9. The van der Waals surface area contributed by atoms with Crippen molar-refractivity contribution >= 4 is 18.0 Å². The Bertz CT molecular complexity index is 774.